The fourth-order valence-corrected chi connectivity index (χ4v) is 4.60. The molecular formula is C13H20BrN3O3S. The van der Waals surface area contributed by atoms with Gasteiger partial charge in [-0.05, 0) is 42.8 Å². The van der Waals surface area contributed by atoms with Crippen molar-refractivity contribution in [2.75, 3.05) is 25.0 Å². The zero-order chi connectivity index (χ0) is 15.6. The largest absolute Gasteiger partial charge is 0.373 e. The first-order valence-corrected chi connectivity index (χ1v) is 9.13. The number of rotatable bonds is 4. The fraction of sp³-hybridized carbons (Fsp3) is 0.615. The lowest BCUT2D eigenvalue weighted by Crippen LogP contribution is -2.48. The van der Waals surface area contributed by atoms with Crippen LogP contribution in [-0.2, 0) is 14.8 Å². The monoisotopic (exact) mass is 377 g/mol. The molecular weight excluding hydrogens is 358 g/mol. The summed E-state index contributed by atoms with van der Waals surface area (Å²) in [6.45, 7) is 6.96. The molecule has 0 spiro atoms. The smallest absolute Gasteiger partial charge is 0.246 e. The van der Waals surface area contributed by atoms with Gasteiger partial charge in [-0.3, -0.25) is 0 Å². The number of aromatic nitrogens is 1. The van der Waals surface area contributed by atoms with Gasteiger partial charge in [0.15, 0.2) is 0 Å². The number of sulfonamides is 1. The number of hydrogen-bond acceptors (Lipinski definition) is 5. The van der Waals surface area contributed by atoms with E-state index in [-0.39, 0.29) is 17.1 Å². The Hall–Kier alpha value is -0.700. The Kier molecular flexibility index (Phi) is 5.24. The Morgan fingerprint density at radius 1 is 1.43 bits per heavy atom. The highest BCUT2D eigenvalue weighted by molar-refractivity contribution is 9.10. The van der Waals surface area contributed by atoms with Gasteiger partial charge >= 0.3 is 0 Å². The number of hydrogen-bond donors (Lipinski definition) is 1. The van der Waals surface area contributed by atoms with Gasteiger partial charge in [-0.1, -0.05) is 0 Å². The molecule has 2 heterocycles. The molecule has 1 aliphatic heterocycles. The first-order valence-electron chi connectivity index (χ1n) is 6.89. The predicted molar refractivity (Wildman–Crippen MR) is 84.9 cm³/mol. The molecule has 1 aliphatic rings. The number of anilines is 1. The van der Waals surface area contributed by atoms with Crippen LogP contribution in [0.4, 0.5) is 5.82 Å². The third-order valence-corrected chi connectivity index (χ3v) is 5.45. The SMILES string of the molecule is CCNc1ncc(Br)cc1S(=O)(=O)N1CC(C)OC(C)C1. The Morgan fingerprint density at radius 3 is 2.62 bits per heavy atom. The van der Waals surface area contributed by atoms with Crippen molar-refractivity contribution in [3.8, 4) is 0 Å². The highest BCUT2D eigenvalue weighted by Gasteiger charge is 2.34. The van der Waals surface area contributed by atoms with Crippen LogP contribution in [0.15, 0.2) is 21.6 Å². The number of pyridine rings is 1. The molecule has 1 saturated heterocycles. The minimum absolute atomic E-state index is 0.119. The third-order valence-electron chi connectivity index (χ3n) is 3.17. The van der Waals surface area contributed by atoms with Crippen molar-refractivity contribution in [3.63, 3.8) is 0 Å². The average Bonchev–Trinajstić information content (AvgIpc) is 2.40. The molecule has 1 N–H and O–H groups in total. The van der Waals surface area contributed by atoms with Crippen LogP contribution < -0.4 is 5.32 Å². The summed E-state index contributed by atoms with van der Waals surface area (Å²) in [7, 11) is -3.60. The third kappa shape index (κ3) is 3.74. The molecule has 118 valence electrons. The lowest BCUT2D eigenvalue weighted by Gasteiger charge is -2.34. The predicted octanol–water partition coefficient (Wildman–Crippen LogP) is 2.07. The van der Waals surface area contributed by atoms with Gasteiger partial charge in [0.05, 0.1) is 12.2 Å². The van der Waals surface area contributed by atoms with E-state index in [1.54, 1.807) is 12.3 Å². The van der Waals surface area contributed by atoms with Crippen LogP contribution in [0.25, 0.3) is 0 Å². The standard InChI is InChI=1S/C13H20BrN3O3S/c1-4-15-13-12(5-11(14)6-16-13)21(18,19)17-7-9(2)20-10(3)8-17/h5-6,9-10H,4,7-8H2,1-3H3,(H,15,16). The van der Waals surface area contributed by atoms with Crippen LogP contribution in [0.2, 0.25) is 0 Å². The Labute approximate surface area is 134 Å². The average molecular weight is 378 g/mol. The summed E-state index contributed by atoms with van der Waals surface area (Å²) in [5, 5.41) is 3.00. The van der Waals surface area contributed by atoms with Crippen LogP contribution in [0, 0.1) is 0 Å². The first-order chi connectivity index (χ1) is 9.84. The maximum absolute atomic E-state index is 12.9. The van der Waals surface area contributed by atoms with Crippen molar-refractivity contribution in [1.82, 2.24) is 9.29 Å². The second kappa shape index (κ2) is 6.60. The maximum atomic E-state index is 12.9. The lowest BCUT2D eigenvalue weighted by molar-refractivity contribution is -0.0440. The summed E-state index contributed by atoms with van der Waals surface area (Å²) in [6, 6.07) is 1.59. The van der Waals surface area contributed by atoms with Crippen LogP contribution >= 0.6 is 15.9 Å². The van der Waals surface area contributed by atoms with Gasteiger partial charge in [-0.15, -0.1) is 0 Å². The second-order valence-corrected chi connectivity index (χ2v) is 7.93. The Morgan fingerprint density at radius 2 is 2.05 bits per heavy atom. The van der Waals surface area contributed by atoms with E-state index in [1.807, 2.05) is 20.8 Å². The van der Waals surface area contributed by atoms with E-state index in [0.29, 0.717) is 29.9 Å². The molecule has 1 aromatic heterocycles. The van der Waals surface area contributed by atoms with E-state index in [4.69, 9.17) is 4.74 Å². The van der Waals surface area contributed by atoms with Crippen LogP contribution in [0.5, 0.6) is 0 Å². The molecule has 2 atom stereocenters. The van der Waals surface area contributed by atoms with E-state index in [2.05, 4.69) is 26.2 Å². The molecule has 2 rings (SSSR count). The number of morpholine rings is 1. The molecule has 0 amide bonds. The van der Waals surface area contributed by atoms with Gasteiger partial charge in [0.25, 0.3) is 0 Å². The molecule has 0 saturated carbocycles. The van der Waals surface area contributed by atoms with Crippen molar-refractivity contribution in [3.05, 3.63) is 16.7 Å². The Balaban J connectivity index is 2.41. The zero-order valence-corrected chi connectivity index (χ0v) is 14.7. The molecule has 2 unspecified atom stereocenters. The topological polar surface area (TPSA) is 71.5 Å². The molecule has 0 radical (unpaired) electrons. The Bertz CT molecular complexity index is 599. The van der Waals surface area contributed by atoms with E-state index < -0.39 is 10.0 Å². The number of halogens is 1. The van der Waals surface area contributed by atoms with Crippen molar-refractivity contribution >= 4 is 31.8 Å². The van der Waals surface area contributed by atoms with Gasteiger partial charge in [0.2, 0.25) is 10.0 Å². The minimum Gasteiger partial charge on any atom is -0.373 e. The van der Waals surface area contributed by atoms with Crippen LogP contribution in [0.1, 0.15) is 20.8 Å². The highest BCUT2D eigenvalue weighted by Crippen LogP contribution is 2.28. The van der Waals surface area contributed by atoms with Gasteiger partial charge in [-0.2, -0.15) is 4.31 Å². The van der Waals surface area contributed by atoms with E-state index in [0.717, 1.165) is 0 Å². The first kappa shape index (κ1) is 16.7. The van der Waals surface area contributed by atoms with Gasteiger partial charge in [-0.25, -0.2) is 13.4 Å². The van der Waals surface area contributed by atoms with Crippen LogP contribution in [0.3, 0.4) is 0 Å². The normalized spacial score (nSPS) is 24.0. The zero-order valence-electron chi connectivity index (χ0n) is 12.3. The second-order valence-electron chi connectivity index (χ2n) is 5.11. The molecule has 0 bridgehead atoms. The van der Waals surface area contributed by atoms with Crippen molar-refractivity contribution in [2.24, 2.45) is 0 Å². The summed E-state index contributed by atoms with van der Waals surface area (Å²) >= 11 is 3.29. The molecule has 21 heavy (non-hydrogen) atoms. The van der Waals surface area contributed by atoms with E-state index in [9.17, 15) is 8.42 Å². The summed E-state index contributed by atoms with van der Waals surface area (Å²) in [5.74, 6) is 0.382. The van der Waals surface area contributed by atoms with Gasteiger partial charge in [0, 0.05) is 30.3 Å². The van der Waals surface area contributed by atoms with Gasteiger partial charge < -0.3 is 10.1 Å². The van der Waals surface area contributed by atoms with E-state index in [1.165, 1.54) is 4.31 Å². The molecule has 8 heteroatoms. The highest BCUT2D eigenvalue weighted by atomic mass is 79.9. The summed E-state index contributed by atoms with van der Waals surface area (Å²) in [4.78, 5) is 4.37. The van der Waals surface area contributed by atoms with Crippen molar-refractivity contribution in [2.45, 2.75) is 37.9 Å². The quantitative estimate of drug-likeness (QED) is 0.869. The summed E-state index contributed by atoms with van der Waals surface area (Å²) < 4.78 is 33.5. The number of ether oxygens (including phenoxy) is 1. The summed E-state index contributed by atoms with van der Waals surface area (Å²) in [5.41, 5.74) is 0. The number of nitrogens with one attached hydrogen (secondary N) is 1. The fourth-order valence-electron chi connectivity index (χ4n) is 2.38. The molecule has 1 aromatic rings. The van der Waals surface area contributed by atoms with Gasteiger partial charge in [0.1, 0.15) is 10.7 Å². The van der Waals surface area contributed by atoms with Crippen molar-refractivity contribution in [1.29, 1.82) is 0 Å². The summed E-state index contributed by atoms with van der Waals surface area (Å²) in [6.07, 6.45) is 1.35. The molecule has 0 aliphatic carbocycles. The van der Waals surface area contributed by atoms with Crippen LogP contribution in [-0.4, -0.2) is 49.5 Å². The van der Waals surface area contributed by atoms with E-state index >= 15 is 0 Å². The molecule has 0 aromatic carbocycles. The van der Waals surface area contributed by atoms with Crippen molar-refractivity contribution < 1.29 is 13.2 Å². The molecule has 1 fully saturated rings. The molecule has 6 nitrogen and oxygen atoms in total. The maximum Gasteiger partial charge on any atom is 0.246 e. The minimum atomic E-state index is -3.60. The lowest BCUT2D eigenvalue weighted by atomic mass is 10.3. The number of nitrogens with zero attached hydrogens (tertiary/aromatic N) is 2.